The highest BCUT2D eigenvalue weighted by atomic mass is 35.5. The van der Waals surface area contributed by atoms with E-state index in [-0.39, 0.29) is 22.2 Å². The Morgan fingerprint density at radius 1 is 1.32 bits per heavy atom. The van der Waals surface area contributed by atoms with Crippen LogP contribution in [0.2, 0.25) is 5.15 Å². The summed E-state index contributed by atoms with van der Waals surface area (Å²) in [5.74, 6) is 0.132. The molecule has 0 atom stereocenters. The van der Waals surface area contributed by atoms with E-state index in [1.165, 1.54) is 10.9 Å². The number of rotatable bonds is 3. The minimum Gasteiger partial charge on any atom is -0.306 e. The second kappa shape index (κ2) is 6.48. The third kappa shape index (κ3) is 3.29. The average Bonchev–Trinajstić information content (AvgIpc) is 2.93. The Balaban J connectivity index is 2.01. The van der Waals surface area contributed by atoms with Gasteiger partial charge in [0.15, 0.2) is 0 Å². The summed E-state index contributed by atoms with van der Waals surface area (Å²) < 4.78 is 1.37. The van der Waals surface area contributed by atoms with E-state index in [2.05, 4.69) is 25.4 Å². The number of H-pyrrole nitrogens is 1. The second-order valence-corrected chi connectivity index (χ2v) is 5.84. The zero-order chi connectivity index (χ0) is 18.1. The Bertz CT molecular complexity index is 1020. The van der Waals surface area contributed by atoms with E-state index >= 15 is 0 Å². The summed E-state index contributed by atoms with van der Waals surface area (Å²) in [6.07, 6.45) is 1.50. The van der Waals surface area contributed by atoms with Gasteiger partial charge < -0.3 is 5.32 Å². The maximum absolute atomic E-state index is 12.4. The molecule has 25 heavy (non-hydrogen) atoms. The van der Waals surface area contributed by atoms with Crippen molar-refractivity contribution in [3.05, 3.63) is 62.4 Å². The number of carbonyl (C=O) groups is 1. The van der Waals surface area contributed by atoms with E-state index in [9.17, 15) is 9.59 Å². The number of nitrogens with zero attached hydrogens (tertiary/aromatic N) is 4. The van der Waals surface area contributed by atoms with Gasteiger partial charge in [0.25, 0.3) is 11.5 Å². The molecule has 8 nitrogen and oxygen atoms in total. The average molecular weight is 359 g/mol. The molecule has 0 aliphatic heterocycles. The molecule has 1 amide bonds. The molecule has 0 spiro atoms. The van der Waals surface area contributed by atoms with Gasteiger partial charge in [-0.3, -0.25) is 14.6 Å². The highest BCUT2D eigenvalue weighted by molar-refractivity contribution is 6.33. The van der Waals surface area contributed by atoms with Crippen molar-refractivity contribution >= 4 is 23.3 Å². The molecule has 128 valence electrons. The van der Waals surface area contributed by atoms with E-state index in [0.717, 1.165) is 0 Å². The van der Waals surface area contributed by atoms with Crippen molar-refractivity contribution in [2.24, 2.45) is 0 Å². The molecule has 0 aliphatic carbocycles. The predicted molar refractivity (Wildman–Crippen MR) is 93.4 cm³/mol. The molecule has 0 saturated carbocycles. The summed E-state index contributed by atoms with van der Waals surface area (Å²) in [6, 6.07) is 4.84. The lowest BCUT2D eigenvalue weighted by Gasteiger charge is -2.09. The molecule has 0 unspecified atom stereocenters. The van der Waals surface area contributed by atoms with Crippen molar-refractivity contribution < 1.29 is 4.79 Å². The van der Waals surface area contributed by atoms with Crippen molar-refractivity contribution in [1.29, 1.82) is 0 Å². The Kier molecular flexibility index (Phi) is 4.37. The molecule has 0 aliphatic rings. The van der Waals surface area contributed by atoms with Crippen molar-refractivity contribution in [3.63, 3.8) is 0 Å². The van der Waals surface area contributed by atoms with Gasteiger partial charge in [0.1, 0.15) is 11.0 Å². The minimum atomic E-state index is -0.439. The fraction of sp³-hybridized carbons (Fsp3) is 0.188. The number of aromatic nitrogens is 5. The number of pyridine rings is 1. The molecule has 0 radical (unpaired) electrons. The highest BCUT2D eigenvalue weighted by Gasteiger charge is 2.17. The normalized spacial score (nSPS) is 10.7. The van der Waals surface area contributed by atoms with E-state index in [1.807, 2.05) is 0 Å². The van der Waals surface area contributed by atoms with Crippen molar-refractivity contribution in [3.8, 4) is 5.95 Å². The molecule has 0 aromatic carbocycles. The lowest BCUT2D eigenvalue weighted by Crippen LogP contribution is -2.21. The Morgan fingerprint density at radius 2 is 2.08 bits per heavy atom. The molecule has 3 rings (SSSR count). The molecular weight excluding hydrogens is 344 g/mol. The van der Waals surface area contributed by atoms with Crippen molar-refractivity contribution in [2.45, 2.75) is 20.8 Å². The van der Waals surface area contributed by atoms with E-state index in [4.69, 9.17) is 11.6 Å². The maximum Gasteiger partial charge on any atom is 0.259 e. The Labute approximate surface area is 147 Å². The van der Waals surface area contributed by atoms with E-state index < -0.39 is 5.91 Å². The number of amides is 1. The van der Waals surface area contributed by atoms with E-state index in [1.54, 1.807) is 39.0 Å². The van der Waals surface area contributed by atoms with E-state index in [0.29, 0.717) is 22.8 Å². The predicted octanol–water partition coefficient (Wildman–Crippen LogP) is 2.18. The zero-order valence-corrected chi connectivity index (χ0v) is 14.5. The molecular formula is C16H15ClN6O2. The molecule has 9 heteroatoms. The van der Waals surface area contributed by atoms with Crippen LogP contribution in [0.3, 0.4) is 0 Å². The van der Waals surface area contributed by atoms with Gasteiger partial charge in [0.05, 0.1) is 11.3 Å². The monoisotopic (exact) mass is 358 g/mol. The quantitative estimate of drug-likeness (QED) is 0.698. The molecule has 3 heterocycles. The minimum absolute atomic E-state index is 0.0977. The summed E-state index contributed by atoms with van der Waals surface area (Å²) >= 11 is 5.95. The first-order valence-corrected chi connectivity index (χ1v) is 7.81. The number of hydrogen-bond acceptors (Lipinski definition) is 5. The third-order valence-electron chi connectivity index (χ3n) is 3.66. The summed E-state index contributed by atoms with van der Waals surface area (Å²) in [4.78, 5) is 35.3. The topological polar surface area (TPSA) is 106 Å². The Hall–Kier alpha value is -3.00. The first-order valence-electron chi connectivity index (χ1n) is 7.43. The van der Waals surface area contributed by atoms with Gasteiger partial charge >= 0.3 is 0 Å². The van der Waals surface area contributed by atoms with Crippen LogP contribution in [0.4, 0.5) is 5.82 Å². The van der Waals surface area contributed by atoms with Gasteiger partial charge in [-0.1, -0.05) is 11.6 Å². The molecule has 3 aromatic rings. The fourth-order valence-corrected chi connectivity index (χ4v) is 2.42. The van der Waals surface area contributed by atoms with Crippen LogP contribution in [0, 0.1) is 20.8 Å². The van der Waals surface area contributed by atoms with Crippen LogP contribution in [-0.4, -0.2) is 30.6 Å². The van der Waals surface area contributed by atoms with Crippen LogP contribution in [-0.2, 0) is 0 Å². The van der Waals surface area contributed by atoms with Gasteiger partial charge in [-0.2, -0.15) is 9.78 Å². The number of hydrogen-bond donors (Lipinski definition) is 2. The van der Waals surface area contributed by atoms with Gasteiger partial charge in [-0.15, -0.1) is 0 Å². The smallest absolute Gasteiger partial charge is 0.259 e. The highest BCUT2D eigenvalue weighted by Crippen LogP contribution is 2.18. The van der Waals surface area contributed by atoms with Crippen LogP contribution >= 0.6 is 11.6 Å². The second-order valence-electron chi connectivity index (χ2n) is 5.48. The lowest BCUT2D eigenvalue weighted by molar-refractivity contribution is 0.102. The Morgan fingerprint density at radius 3 is 2.76 bits per heavy atom. The molecule has 0 fully saturated rings. The van der Waals surface area contributed by atoms with Gasteiger partial charge in [0, 0.05) is 23.5 Å². The first kappa shape index (κ1) is 16.8. The summed E-state index contributed by atoms with van der Waals surface area (Å²) in [5, 5.41) is 7.10. The zero-order valence-electron chi connectivity index (χ0n) is 13.8. The molecule has 0 saturated heterocycles. The number of anilines is 1. The number of nitrogens with one attached hydrogen (secondary N) is 2. The summed E-state index contributed by atoms with van der Waals surface area (Å²) in [7, 11) is 0. The molecule has 2 N–H and O–H groups in total. The number of aromatic amines is 1. The SMILES string of the molecule is Cc1cc(NC(=O)c2cccnc2Cl)n(-c2nc(C)c(C)c(=O)[nH]2)n1. The maximum atomic E-state index is 12.4. The number of carbonyl (C=O) groups excluding carboxylic acids is 1. The summed E-state index contributed by atoms with van der Waals surface area (Å²) in [5.41, 5.74) is 1.73. The number of aryl methyl sites for hydroxylation is 2. The van der Waals surface area contributed by atoms with Crippen LogP contribution in [0.1, 0.15) is 27.3 Å². The first-order chi connectivity index (χ1) is 11.9. The van der Waals surface area contributed by atoms with Crippen molar-refractivity contribution in [1.82, 2.24) is 24.7 Å². The standard InChI is InChI=1S/C16H15ClN6O2/c1-8-7-12(20-15(25)11-5-4-6-18-13(11)17)23(22-8)16-19-10(3)9(2)14(24)21-16/h4-7H,1-3H3,(H,20,25)(H,19,21,24). The van der Waals surface area contributed by atoms with Crippen LogP contribution in [0.25, 0.3) is 5.95 Å². The lowest BCUT2D eigenvalue weighted by atomic mass is 10.2. The van der Waals surface area contributed by atoms with Gasteiger partial charge in [-0.25, -0.2) is 9.97 Å². The largest absolute Gasteiger partial charge is 0.306 e. The van der Waals surface area contributed by atoms with Crippen LogP contribution in [0.15, 0.2) is 29.2 Å². The fourth-order valence-electron chi connectivity index (χ4n) is 2.22. The van der Waals surface area contributed by atoms with Crippen molar-refractivity contribution in [2.75, 3.05) is 5.32 Å². The summed E-state index contributed by atoms with van der Waals surface area (Å²) in [6.45, 7) is 5.19. The third-order valence-corrected chi connectivity index (χ3v) is 3.96. The molecule has 0 bridgehead atoms. The van der Waals surface area contributed by atoms with Gasteiger partial charge in [0.2, 0.25) is 5.95 Å². The van der Waals surface area contributed by atoms with Crippen LogP contribution < -0.4 is 10.9 Å². The molecule has 3 aromatic heterocycles. The van der Waals surface area contributed by atoms with Gasteiger partial charge in [-0.05, 0) is 32.9 Å². The van der Waals surface area contributed by atoms with Crippen LogP contribution in [0.5, 0.6) is 0 Å². The number of halogens is 1.